The van der Waals surface area contributed by atoms with E-state index in [9.17, 15) is 10.1 Å². The minimum atomic E-state index is -2.32. The molecule has 1 aliphatic heterocycles. The van der Waals surface area contributed by atoms with E-state index in [2.05, 4.69) is 41.5 Å². The van der Waals surface area contributed by atoms with Crippen molar-refractivity contribution in [2.45, 2.75) is 88.6 Å². The molecule has 25 heavy (non-hydrogen) atoms. The molecule has 6 heteroatoms. The van der Waals surface area contributed by atoms with Crippen LogP contribution in [0.5, 0.6) is 0 Å². The summed E-state index contributed by atoms with van der Waals surface area (Å²) < 4.78 is 12.7. The number of alkyl halides is 1. The Morgan fingerprint density at radius 2 is 1.80 bits per heavy atom. The van der Waals surface area contributed by atoms with E-state index in [4.69, 9.17) is 20.8 Å². The van der Waals surface area contributed by atoms with Crippen LogP contribution in [0, 0.1) is 17.2 Å². The van der Waals surface area contributed by atoms with Crippen LogP contribution in [0.15, 0.2) is 11.6 Å². The van der Waals surface area contributed by atoms with Crippen molar-refractivity contribution in [1.82, 2.24) is 0 Å². The van der Waals surface area contributed by atoms with Crippen molar-refractivity contribution in [1.29, 1.82) is 5.26 Å². The number of fused-ring (bicyclic) bond motifs is 1. The van der Waals surface area contributed by atoms with Gasteiger partial charge in [0.2, 0.25) is 19.0 Å². The molecule has 2 rings (SSSR count). The van der Waals surface area contributed by atoms with Crippen molar-refractivity contribution >= 4 is 25.9 Å². The minimum Gasteiger partial charge on any atom is -0.431 e. The van der Waals surface area contributed by atoms with Crippen molar-refractivity contribution in [3.8, 4) is 6.07 Å². The van der Waals surface area contributed by atoms with Gasteiger partial charge in [-0.15, -0.1) is 0 Å². The zero-order chi connectivity index (χ0) is 19.2. The monoisotopic (exact) mass is 383 g/mol. The van der Waals surface area contributed by atoms with E-state index < -0.39 is 30.9 Å². The summed E-state index contributed by atoms with van der Waals surface area (Å²) in [6, 6.07) is 2.00. The van der Waals surface area contributed by atoms with Gasteiger partial charge in [0, 0.05) is 6.42 Å². The molecule has 0 radical (unpaired) electrons. The minimum absolute atomic E-state index is 0.347. The average Bonchev–Trinajstić information content (AvgIpc) is 2.71. The van der Waals surface area contributed by atoms with Gasteiger partial charge in [-0.25, -0.2) is 4.79 Å². The molecule has 0 unspecified atom stereocenters. The van der Waals surface area contributed by atoms with Crippen LogP contribution >= 0.6 is 11.6 Å². The van der Waals surface area contributed by atoms with Gasteiger partial charge >= 0.3 is 5.97 Å². The average molecular weight is 384 g/mol. The Balaban J connectivity index is 2.59. The number of carbonyl (C=O) groups excluding carboxylic acids is 1. The number of nitriles is 1. The first-order valence-electron chi connectivity index (χ1n) is 9.15. The summed E-state index contributed by atoms with van der Waals surface area (Å²) in [5.41, 5.74) is 2.15. The Bertz CT molecular complexity index is 603. The summed E-state index contributed by atoms with van der Waals surface area (Å²) in [5.74, 6) is -2.26. The van der Waals surface area contributed by atoms with E-state index >= 15 is 0 Å². The van der Waals surface area contributed by atoms with Gasteiger partial charge in [-0.3, -0.25) is 0 Å². The van der Waals surface area contributed by atoms with E-state index in [1.54, 1.807) is 0 Å². The molecule has 1 aliphatic carbocycles. The van der Waals surface area contributed by atoms with Crippen LogP contribution in [0.1, 0.15) is 61.3 Å². The van der Waals surface area contributed by atoms with Gasteiger partial charge in [0.25, 0.3) is 0 Å². The first kappa shape index (κ1) is 20.5. The molecule has 4 nitrogen and oxygen atoms in total. The lowest BCUT2D eigenvalue weighted by Gasteiger charge is -2.50. The third-order valence-electron chi connectivity index (χ3n) is 6.02. The van der Waals surface area contributed by atoms with Crippen LogP contribution in [0.25, 0.3) is 0 Å². The second-order valence-electron chi connectivity index (χ2n) is 8.46. The fourth-order valence-electron chi connectivity index (χ4n) is 4.93. The predicted octanol–water partition coefficient (Wildman–Crippen LogP) is 5.29. The summed E-state index contributed by atoms with van der Waals surface area (Å²) in [7, 11) is -2.32. The number of halogens is 1. The van der Waals surface area contributed by atoms with E-state index in [0.717, 1.165) is 5.57 Å². The van der Waals surface area contributed by atoms with Gasteiger partial charge in [-0.1, -0.05) is 64.8 Å². The van der Waals surface area contributed by atoms with Crippen LogP contribution in [0.4, 0.5) is 0 Å². The second-order valence-corrected chi connectivity index (χ2v) is 14.4. The number of ether oxygens (including phenoxy) is 1. The standard InChI is InChI=1S/C19H30ClNO3Si/c1-12(2)25(13(3)4,14(5)6)24-19-10-15(7)8-9-16(19)18(20,11-21)17(22)23-19/h8,12-14,16H,9-10H2,1-7H3/t16-,18+,19-/m0/s1. The van der Waals surface area contributed by atoms with Gasteiger partial charge in [0.1, 0.15) is 0 Å². The molecule has 0 spiro atoms. The smallest absolute Gasteiger partial charge is 0.344 e. The van der Waals surface area contributed by atoms with E-state index in [1.165, 1.54) is 0 Å². The molecular formula is C19H30ClNO3Si. The van der Waals surface area contributed by atoms with Gasteiger partial charge in [-0.05, 0) is 30.0 Å². The second kappa shape index (κ2) is 6.72. The van der Waals surface area contributed by atoms with Gasteiger partial charge in [0.15, 0.2) is 0 Å². The van der Waals surface area contributed by atoms with Crippen LogP contribution in [0.2, 0.25) is 16.6 Å². The number of hydrogen-bond acceptors (Lipinski definition) is 4. The molecule has 0 aromatic rings. The van der Waals surface area contributed by atoms with Crippen molar-refractivity contribution in [2.75, 3.05) is 0 Å². The number of esters is 1. The molecule has 0 bridgehead atoms. The van der Waals surface area contributed by atoms with Gasteiger partial charge in [-0.2, -0.15) is 5.26 Å². The molecular weight excluding hydrogens is 354 g/mol. The summed E-state index contributed by atoms with van der Waals surface area (Å²) in [6.45, 7) is 15.2. The highest BCUT2D eigenvalue weighted by Gasteiger charge is 2.68. The predicted molar refractivity (Wildman–Crippen MR) is 102 cm³/mol. The molecule has 140 valence electrons. The molecule has 1 saturated heterocycles. The molecule has 0 aromatic carbocycles. The summed E-state index contributed by atoms with van der Waals surface area (Å²) in [4.78, 5) is 10.9. The molecule has 0 aromatic heterocycles. The topological polar surface area (TPSA) is 59.3 Å². The van der Waals surface area contributed by atoms with Crippen LogP contribution in [-0.4, -0.2) is 24.9 Å². The highest BCUT2D eigenvalue weighted by molar-refractivity contribution is 6.77. The molecule has 1 fully saturated rings. The van der Waals surface area contributed by atoms with Crippen LogP contribution < -0.4 is 0 Å². The molecule has 3 atom stereocenters. The Labute approximate surface area is 157 Å². The fourth-order valence-corrected chi connectivity index (χ4v) is 10.8. The zero-order valence-corrected chi connectivity index (χ0v) is 18.1. The number of hydrogen-bond donors (Lipinski definition) is 0. The fraction of sp³-hybridized carbons (Fsp3) is 0.789. The lowest BCUT2D eigenvalue weighted by Crippen LogP contribution is -2.58. The maximum atomic E-state index is 12.5. The van der Waals surface area contributed by atoms with Crippen LogP contribution in [0.3, 0.4) is 0 Å². The third kappa shape index (κ3) is 2.96. The van der Waals surface area contributed by atoms with Crippen molar-refractivity contribution in [2.24, 2.45) is 5.92 Å². The van der Waals surface area contributed by atoms with E-state index in [-0.39, 0.29) is 0 Å². The van der Waals surface area contributed by atoms with Gasteiger partial charge < -0.3 is 9.16 Å². The van der Waals surface area contributed by atoms with Crippen molar-refractivity contribution in [3.63, 3.8) is 0 Å². The SMILES string of the molecule is CC1=CC[C@@H]2[C@@](O[Si](C(C)C)(C(C)C)C(C)C)(C1)OC(=O)[C@@]2(Cl)C#N. The normalized spacial score (nSPS) is 32.6. The van der Waals surface area contributed by atoms with E-state index in [1.807, 2.05) is 19.1 Å². The third-order valence-corrected chi connectivity index (χ3v) is 12.6. The highest BCUT2D eigenvalue weighted by atomic mass is 35.5. The summed E-state index contributed by atoms with van der Waals surface area (Å²) >= 11 is 6.45. The number of nitrogens with zero attached hydrogens (tertiary/aromatic N) is 1. The molecule has 2 aliphatic rings. The largest absolute Gasteiger partial charge is 0.431 e. The summed E-state index contributed by atoms with van der Waals surface area (Å²) in [6.07, 6.45) is 3.06. The Morgan fingerprint density at radius 1 is 1.28 bits per heavy atom. The number of rotatable bonds is 5. The Morgan fingerprint density at radius 3 is 2.24 bits per heavy atom. The van der Waals surface area contributed by atoms with Crippen molar-refractivity contribution < 1.29 is 14.0 Å². The first-order valence-corrected chi connectivity index (χ1v) is 11.7. The Hall–Kier alpha value is -0.833. The maximum Gasteiger partial charge on any atom is 0.344 e. The number of carbonyl (C=O) groups is 1. The Kier molecular flexibility index (Phi) is 5.50. The number of allylic oxidation sites excluding steroid dienone is 1. The van der Waals surface area contributed by atoms with Crippen molar-refractivity contribution in [3.05, 3.63) is 11.6 Å². The maximum absolute atomic E-state index is 12.5. The first-order chi connectivity index (χ1) is 11.5. The summed E-state index contributed by atoms with van der Waals surface area (Å²) in [5, 5.41) is 9.59. The van der Waals surface area contributed by atoms with E-state index in [0.29, 0.717) is 29.5 Å². The lowest BCUT2D eigenvalue weighted by molar-refractivity contribution is -0.195. The van der Waals surface area contributed by atoms with Gasteiger partial charge in [0.05, 0.1) is 12.0 Å². The molecule has 0 N–H and O–H groups in total. The zero-order valence-electron chi connectivity index (χ0n) is 16.4. The van der Waals surface area contributed by atoms with Crippen LogP contribution in [-0.2, 0) is 14.0 Å². The molecule has 1 heterocycles. The molecule has 0 saturated carbocycles. The lowest BCUT2D eigenvalue weighted by atomic mass is 9.78. The highest BCUT2D eigenvalue weighted by Crippen LogP contribution is 2.56. The molecule has 0 amide bonds. The quantitative estimate of drug-likeness (QED) is 0.280.